The van der Waals surface area contributed by atoms with Crippen molar-refractivity contribution in [3.63, 3.8) is 0 Å². The molecule has 132 valence electrons. The first-order valence-electron chi connectivity index (χ1n) is 8.72. The Morgan fingerprint density at radius 3 is 2.62 bits per heavy atom. The van der Waals surface area contributed by atoms with Crippen LogP contribution in [0.15, 0.2) is 23.2 Å². The van der Waals surface area contributed by atoms with E-state index in [1.165, 1.54) is 0 Å². The number of aliphatic imine (C=N–C) groups is 1. The summed E-state index contributed by atoms with van der Waals surface area (Å²) in [7, 11) is 1.84. The third-order valence-electron chi connectivity index (χ3n) is 5.64. The van der Waals surface area contributed by atoms with Crippen molar-refractivity contribution in [3.8, 4) is 11.5 Å². The van der Waals surface area contributed by atoms with Gasteiger partial charge in [-0.25, -0.2) is 0 Å². The molecule has 0 spiro atoms. The van der Waals surface area contributed by atoms with E-state index in [2.05, 4.69) is 49.0 Å². The largest absolute Gasteiger partial charge is 0.490 e. The average molecular weight is 331 g/mol. The molecule has 0 saturated carbocycles. The summed E-state index contributed by atoms with van der Waals surface area (Å²) in [5.41, 5.74) is 1.47. The summed E-state index contributed by atoms with van der Waals surface area (Å²) in [4.78, 5) is 6.82. The van der Waals surface area contributed by atoms with E-state index in [9.17, 15) is 0 Å². The number of benzene rings is 1. The number of hydrogen-bond donors (Lipinski definition) is 1. The zero-order chi connectivity index (χ0) is 17.4. The molecule has 1 saturated heterocycles. The number of nitrogens with zero attached hydrogens (tertiary/aromatic N) is 2. The second-order valence-corrected chi connectivity index (χ2v) is 7.72. The van der Waals surface area contributed by atoms with Crippen LogP contribution in [0.4, 0.5) is 0 Å². The molecule has 0 atom stereocenters. The zero-order valence-corrected chi connectivity index (χ0v) is 15.5. The minimum absolute atomic E-state index is 0.0854. The Bertz CT molecular complexity index is 637. The molecule has 2 aliphatic rings. The van der Waals surface area contributed by atoms with E-state index in [-0.39, 0.29) is 11.0 Å². The van der Waals surface area contributed by atoms with Crippen molar-refractivity contribution in [1.82, 2.24) is 10.2 Å². The topological polar surface area (TPSA) is 46.1 Å². The van der Waals surface area contributed by atoms with E-state index in [1.54, 1.807) is 0 Å². The highest BCUT2D eigenvalue weighted by Crippen LogP contribution is 2.46. The lowest BCUT2D eigenvalue weighted by Crippen LogP contribution is -2.72. The van der Waals surface area contributed by atoms with Crippen LogP contribution < -0.4 is 14.8 Å². The highest BCUT2D eigenvalue weighted by Gasteiger charge is 2.53. The van der Waals surface area contributed by atoms with E-state index in [0.717, 1.165) is 36.0 Å². The maximum atomic E-state index is 5.90. The van der Waals surface area contributed by atoms with E-state index >= 15 is 0 Å². The van der Waals surface area contributed by atoms with Gasteiger partial charge in [-0.3, -0.25) is 4.99 Å². The highest BCUT2D eigenvalue weighted by atomic mass is 16.5. The Kier molecular flexibility index (Phi) is 4.37. The molecule has 0 aliphatic carbocycles. The second-order valence-electron chi connectivity index (χ2n) is 7.72. The van der Waals surface area contributed by atoms with Crippen molar-refractivity contribution in [3.05, 3.63) is 23.8 Å². The number of rotatable bonds is 2. The smallest absolute Gasteiger partial charge is 0.194 e. The maximum Gasteiger partial charge on any atom is 0.194 e. The van der Waals surface area contributed by atoms with E-state index in [1.807, 2.05) is 19.2 Å². The summed E-state index contributed by atoms with van der Waals surface area (Å²) in [5.74, 6) is 2.64. The highest BCUT2D eigenvalue weighted by molar-refractivity contribution is 5.82. The zero-order valence-electron chi connectivity index (χ0n) is 15.5. The summed E-state index contributed by atoms with van der Waals surface area (Å²) < 4.78 is 11.7. The summed E-state index contributed by atoms with van der Waals surface area (Å²) in [6.45, 7) is 12.2. The van der Waals surface area contributed by atoms with Gasteiger partial charge in [-0.1, -0.05) is 26.0 Å². The SMILES string of the molecule is CN=C(NCc1cccc2c1OCCCO2)N1CC(C)(C)C1(C)C. The van der Waals surface area contributed by atoms with Crippen LogP contribution in [0, 0.1) is 5.41 Å². The molecule has 0 radical (unpaired) electrons. The lowest BCUT2D eigenvalue weighted by atomic mass is 9.65. The number of hydrogen-bond acceptors (Lipinski definition) is 3. The van der Waals surface area contributed by atoms with E-state index in [4.69, 9.17) is 9.47 Å². The molecular weight excluding hydrogens is 302 g/mol. The van der Waals surface area contributed by atoms with Crippen LogP contribution in [0.2, 0.25) is 0 Å². The summed E-state index contributed by atoms with van der Waals surface area (Å²) in [6, 6.07) is 6.07. The number of ether oxygens (including phenoxy) is 2. The second kappa shape index (κ2) is 6.19. The Morgan fingerprint density at radius 1 is 1.21 bits per heavy atom. The maximum absolute atomic E-state index is 5.90. The van der Waals surface area contributed by atoms with Gasteiger partial charge in [0.15, 0.2) is 17.5 Å². The van der Waals surface area contributed by atoms with Gasteiger partial charge in [0.1, 0.15) is 0 Å². The van der Waals surface area contributed by atoms with Crippen molar-refractivity contribution in [2.45, 2.75) is 46.2 Å². The van der Waals surface area contributed by atoms with E-state index < -0.39 is 0 Å². The molecule has 5 heteroatoms. The van der Waals surface area contributed by atoms with Gasteiger partial charge in [0, 0.05) is 43.1 Å². The van der Waals surface area contributed by atoms with Crippen molar-refractivity contribution in [2.75, 3.05) is 26.8 Å². The fourth-order valence-corrected chi connectivity index (χ4v) is 3.26. The first kappa shape index (κ1) is 16.9. The monoisotopic (exact) mass is 331 g/mol. The van der Waals surface area contributed by atoms with Gasteiger partial charge in [0.25, 0.3) is 0 Å². The lowest BCUT2D eigenvalue weighted by Gasteiger charge is -2.62. The third kappa shape index (κ3) is 2.80. The number of guanidine groups is 1. The Hall–Kier alpha value is -1.91. The Balaban J connectivity index is 1.72. The third-order valence-corrected chi connectivity index (χ3v) is 5.64. The van der Waals surface area contributed by atoms with Gasteiger partial charge in [0.05, 0.1) is 13.2 Å². The van der Waals surface area contributed by atoms with Crippen molar-refractivity contribution in [1.29, 1.82) is 0 Å². The number of para-hydroxylation sites is 1. The van der Waals surface area contributed by atoms with Crippen molar-refractivity contribution < 1.29 is 9.47 Å². The van der Waals surface area contributed by atoms with Crippen LogP contribution in [0.1, 0.15) is 39.7 Å². The fourth-order valence-electron chi connectivity index (χ4n) is 3.26. The summed E-state index contributed by atoms with van der Waals surface area (Å²) >= 11 is 0. The molecule has 0 aromatic heterocycles. The molecule has 1 N–H and O–H groups in total. The van der Waals surface area contributed by atoms with Crippen LogP contribution in [0.5, 0.6) is 11.5 Å². The lowest BCUT2D eigenvalue weighted by molar-refractivity contribution is -0.0668. The molecule has 0 unspecified atom stereocenters. The van der Waals surface area contributed by atoms with Crippen molar-refractivity contribution in [2.24, 2.45) is 10.4 Å². The normalized spacial score (nSPS) is 21.7. The number of fused-ring (bicyclic) bond motifs is 1. The molecule has 1 aromatic rings. The Labute approximate surface area is 145 Å². The molecule has 24 heavy (non-hydrogen) atoms. The molecule has 0 bridgehead atoms. The first-order chi connectivity index (χ1) is 11.4. The minimum Gasteiger partial charge on any atom is -0.490 e. The summed E-state index contributed by atoms with van der Waals surface area (Å²) in [6.07, 6.45) is 0.917. The molecule has 3 rings (SSSR count). The first-order valence-corrected chi connectivity index (χ1v) is 8.72. The predicted octanol–water partition coefficient (Wildman–Crippen LogP) is 3.04. The minimum atomic E-state index is 0.0854. The molecule has 2 aliphatic heterocycles. The van der Waals surface area contributed by atoms with Gasteiger partial charge < -0.3 is 19.7 Å². The predicted molar refractivity (Wildman–Crippen MR) is 96.8 cm³/mol. The van der Waals surface area contributed by atoms with E-state index in [0.29, 0.717) is 19.8 Å². The molecule has 5 nitrogen and oxygen atoms in total. The van der Waals surface area contributed by atoms with Crippen LogP contribution in [-0.4, -0.2) is 43.2 Å². The number of likely N-dealkylation sites (tertiary alicyclic amines) is 1. The quantitative estimate of drug-likeness (QED) is 0.668. The van der Waals surface area contributed by atoms with Crippen LogP contribution in [-0.2, 0) is 6.54 Å². The fraction of sp³-hybridized carbons (Fsp3) is 0.632. The van der Waals surface area contributed by atoms with Crippen LogP contribution in [0.3, 0.4) is 0 Å². The van der Waals surface area contributed by atoms with Crippen LogP contribution >= 0.6 is 0 Å². The van der Waals surface area contributed by atoms with Crippen molar-refractivity contribution >= 4 is 5.96 Å². The average Bonchev–Trinajstić information content (AvgIpc) is 2.80. The molecule has 0 amide bonds. The van der Waals surface area contributed by atoms with Gasteiger partial charge in [-0.15, -0.1) is 0 Å². The summed E-state index contributed by atoms with van der Waals surface area (Å²) in [5, 5.41) is 3.49. The molecule has 1 aromatic carbocycles. The molecular formula is C19H29N3O2. The molecule has 1 fully saturated rings. The van der Waals surface area contributed by atoms with Gasteiger partial charge in [-0.2, -0.15) is 0 Å². The van der Waals surface area contributed by atoms with Gasteiger partial charge >= 0.3 is 0 Å². The van der Waals surface area contributed by atoms with Gasteiger partial charge in [0.2, 0.25) is 0 Å². The number of nitrogens with one attached hydrogen (secondary N) is 1. The molecule has 2 heterocycles. The van der Waals surface area contributed by atoms with Gasteiger partial charge in [-0.05, 0) is 19.9 Å². The Morgan fingerprint density at radius 2 is 1.96 bits per heavy atom. The van der Waals surface area contributed by atoms with Crippen LogP contribution in [0.25, 0.3) is 0 Å². The standard InChI is InChI=1S/C19H29N3O2/c1-18(2)13-22(19(18,3)4)17(20-5)21-12-14-8-6-9-15-16(14)24-11-7-10-23-15/h6,8-9H,7,10-13H2,1-5H3,(H,20,21).